The number of nitrogens with zero attached hydrogens (tertiary/aromatic N) is 3. The molecule has 0 amide bonds. The van der Waals surface area contributed by atoms with E-state index in [1.165, 1.54) is 0 Å². The number of hydrogen-bond donors (Lipinski definition) is 1. The molecule has 1 aromatic carbocycles. The van der Waals surface area contributed by atoms with E-state index in [-0.39, 0.29) is 5.92 Å². The molecule has 1 N–H and O–H groups in total. The molecule has 1 aliphatic heterocycles. The van der Waals surface area contributed by atoms with Gasteiger partial charge in [-0.15, -0.1) is 11.3 Å². The van der Waals surface area contributed by atoms with Crippen molar-refractivity contribution in [3.8, 4) is 11.1 Å². The van der Waals surface area contributed by atoms with Gasteiger partial charge in [-0.1, -0.05) is 37.3 Å². The van der Waals surface area contributed by atoms with Crippen molar-refractivity contribution < 1.29 is 9.90 Å². The molecule has 0 spiro atoms. The van der Waals surface area contributed by atoms with E-state index >= 15 is 0 Å². The topological polar surface area (TPSA) is 66.3 Å². The zero-order valence-corrected chi connectivity index (χ0v) is 14.7. The van der Waals surface area contributed by atoms with Crippen LogP contribution in [-0.4, -0.2) is 34.1 Å². The van der Waals surface area contributed by atoms with Crippen LogP contribution in [-0.2, 0) is 4.79 Å². The summed E-state index contributed by atoms with van der Waals surface area (Å²) in [5.74, 6) is 0.0876. The number of carboxylic acid groups (broad SMARTS) is 1. The molecule has 6 heteroatoms. The van der Waals surface area contributed by atoms with Crippen LogP contribution in [0, 0.1) is 11.8 Å². The Labute approximate surface area is 150 Å². The highest BCUT2D eigenvalue weighted by Crippen LogP contribution is 2.39. The first kappa shape index (κ1) is 16.0. The summed E-state index contributed by atoms with van der Waals surface area (Å²) < 4.78 is 0. The smallest absolute Gasteiger partial charge is 0.308 e. The van der Waals surface area contributed by atoms with Crippen LogP contribution in [0.1, 0.15) is 13.3 Å². The van der Waals surface area contributed by atoms with Crippen LogP contribution in [0.25, 0.3) is 21.3 Å². The normalized spacial score (nSPS) is 20.8. The Balaban J connectivity index is 1.82. The fraction of sp³-hybridized carbons (Fsp3) is 0.316. The fourth-order valence-electron chi connectivity index (χ4n) is 3.63. The molecule has 2 atom stereocenters. The average Bonchev–Trinajstić information content (AvgIpc) is 3.06. The Hall–Kier alpha value is -2.47. The van der Waals surface area contributed by atoms with Crippen molar-refractivity contribution in [2.45, 2.75) is 13.3 Å². The molecular formula is C19H19N3O2S. The van der Waals surface area contributed by atoms with Crippen LogP contribution in [0.15, 0.2) is 42.0 Å². The molecule has 3 heterocycles. The van der Waals surface area contributed by atoms with Gasteiger partial charge in [-0.05, 0) is 17.9 Å². The van der Waals surface area contributed by atoms with E-state index in [0.29, 0.717) is 12.5 Å². The van der Waals surface area contributed by atoms with E-state index in [1.807, 2.05) is 18.2 Å². The fourth-order valence-corrected chi connectivity index (χ4v) is 4.54. The SMILES string of the molecule is CC1CC(C(=O)O)CN(c2ncnc3scc(-c4ccccc4)c23)C1. The van der Waals surface area contributed by atoms with Gasteiger partial charge in [-0.25, -0.2) is 9.97 Å². The predicted molar refractivity (Wildman–Crippen MR) is 100.0 cm³/mol. The van der Waals surface area contributed by atoms with E-state index in [0.717, 1.165) is 40.1 Å². The second kappa shape index (κ2) is 6.44. The molecule has 0 radical (unpaired) electrons. The summed E-state index contributed by atoms with van der Waals surface area (Å²) in [5.41, 5.74) is 2.24. The molecule has 4 rings (SSSR count). The molecule has 25 heavy (non-hydrogen) atoms. The van der Waals surface area contributed by atoms with Crippen molar-refractivity contribution in [3.63, 3.8) is 0 Å². The van der Waals surface area contributed by atoms with Gasteiger partial charge < -0.3 is 10.0 Å². The third-order valence-electron chi connectivity index (χ3n) is 4.74. The highest BCUT2D eigenvalue weighted by atomic mass is 32.1. The van der Waals surface area contributed by atoms with Crippen LogP contribution in [0.4, 0.5) is 5.82 Å². The van der Waals surface area contributed by atoms with Crippen molar-refractivity contribution in [3.05, 3.63) is 42.0 Å². The largest absolute Gasteiger partial charge is 0.481 e. The van der Waals surface area contributed by atoms with Gasteiger partial charge in [0.05, 0.1) is 11.3 Å². The number of carbonyl (C=O) groups is 1. The van der Waals surface area contributed by atoms with Gasteiger partial charge in [0.15, 0.2) is 0 Å². The number of carboxylic acids is 1. The zero-order valence-electron chi connectivity index (χ0n) is 13.9. The summed E-state index contributed by atoms with van der Waals surface area (Å²) in [6, 6.07) is 10.2. The van der Waals surface area contributed by atoms with Gasteiger partial charge in [-0.2, -0.15) is 0 Å². The van der Waals surface area contributed by atoms with Gasteiger partial charge in [0.2, 0.25) is 0 Å². The average molecular weight is 353 g/mol. The Morgan fingerprint density at radius 2 is 2.04 bits per heavy atom. The lowest BCUT2D eigenvalue weighted by molar-refractivity contribution is -0.142. The minimum absolute atomic E-state index is 0.318. The van der Waals surface area contributed by atoms with E-state index in [1.54, 1.807) is 17.7 Å². The zero-order chi connectivity index (χ0) is 17.4. The first-order chi connectivity index (χ1) is 12.1. The first-order valence-corrected chi connectivity index (χ1v) is 9.27. The molecule has 2 unspecified atom stereocenters. The van der Waals surface area contributed by atoms with Gasteiger partial charge in [0.1, 0.15) is 17.0 Å². The third kappa shape index (κ3) is 2.98. The number of benzene rings is 1. The quantitative estimate of drug-likeness (QED) is 0.773. The maximum Gasteiger partial charge on any atom is 0.308 e. The molecular weight excluding hydrogens is 334 g/mol. The Morgan fingerprint density at radius 1 is 1.24 bits per heavy atom. The lowest BCUT2D eigenvalue weighted by Crippen LogP contribution is -2.43. The Morgan fingerprint density at radius 3 is 2.80 bits per heavy atom. The molecule has 1 saturated heterocycles. The summed E-state index contributed by atoms with van der Waals surface area (Å²) in [4.78, 5) is 23.5. The molecule has 3 aromatic rings. The number of aliphatic carboxylic acids is 1. The molecule has 1 fully saturated rings. The summed E-state index contributed by atoms with van der Waals surface area (Å²) >= 11 is 1.60. The van der Waals surface area contributed by atoms with E-state index in [4.69, 9.17) is 0 Å². The lowest BCUT2D eigenvalue weighted by atomic mass is 9.90. The van der Waals surface area contributed by atoms with E-state index < -0.39 is 5.97 Å². The highest BCUT2D eigenvalue weighted by Gasteiger charge is 2.31. The van der Waals surface area contributed by atoms with Crippen LogP contribution in [0.5, 0.6) is 0 Å². The van der Waals surface area contributed by atoms with Gasteiger partial charge >= 0.3 is 5.97 Å². The third-order valence-corrected chi connectivity index (χ3v) is 5.63. The van der Waals surface area contributed by atoms with Crippen molar-refractivity contribution in [2.75, 3.05) is 18.0 Å². The van der Waals surface area contributed by atoms with Crippen LogP contribution in [0.3, 0.4) is 0 Å². The minimum Gasteiger partial charge on any atom is -0.481 e. The van der Waals surface area contributed by atoms with Gasteiger partial charge in [0, 0.05) is 24.0 Å². The number of fused-ring (bicyclic) bond motifs is 1. The van der Waals surface area contributed by atoms with Crippen molar-refractivity contribution in [2.24, 2.45) is 11.8 Å². The molecule has 1 aliphatic rings. The second-order valence-electron chi connectivity index (χ2n) is 6.67. The van der Waals surface area contributed by atoms with Crippen LogP contribution in [0.2, 0.25) is 0 Å². The maximum absolute atomic E-state index is 11.5. The summed E-state index contributed by atoms with van der Waals surface area (Å²) in [7, 11) is 0. The molecule has 5 nitrogen and oxygen atoms in total. The number of hydrogen-bond acceptors (Lipinski definition) is 5. The van der Waals surface area contributed by atoms with E-state index in [9.17, 15) is 9.90 Å². The van der Waals surface area contributed by atoms with Crippen LogP contribution >= 0.6 is 11.3 Å². The molecule has 128 valence electrons. The Kier molecular flexibility index (Phi) is 4.13. The molecule has 0 aliphatic carbocycles. The molecule has 0 bridgehead atoms. The van der Waals surface area contributed by atoms with Crippen molar-refractivity contribution >= 4 is 33.3 Å². The number of piperidine rings is 1. The van der Waals surface area contributed by atoms with Gasteiger partial charge in [-0.3, -0.25) is 4.79 Å². The van der Waals surface area contributed by atoms with Gasteiger partial charge in [0.25, 0.3) is 0 Å². The number of rotatable bonds is 3. The second-order valence-corrected chi connectivity index (χ2v) is 7.53. The summed E-state index contributed by atoms with van der Waals surface area (Å²) in [5, 5.41) is 12.6. The molecule has 0 saturated carbocycles. The first-order valence-electron chi connectivity index (χ1n) is 8.39. The van der Waals surface area contributed by atoms with Crippen LogP contribution < -0.4 is 4.90 Å². The predicted octanol–water partition coefficient (Wildman–Crippen LogP) is 3.91. The standard InChI is InChI=1S/C19H19N3O2S/c1-12-7-14(19(23)24)9-22(8-12)17-16-15(13-5-3-2-4-6-13)10-25-18(16)21-11-20-17/h2-6,10-12,14H,7-9H2,1H3,(H,23,24). The lowest BCUT2D eigenvalue weighted by Gasteiger charge is -2.35. The van der Waals surface area contributed by atoms with Crippen molar-refractivity contribution in [1.29, 1.82) is 0 Å². The van der Waals surface area contributed by atoms with Crippen molar-refractivity contribution in [1.82, 2.24) is 9.97 Å². The molecule has 2 aromatic heterocycles. The Bertz CT molecular complexity index is 909. The summed E-state index contributed by atoms with van der Waals surface area (Å²) in [6.45, 7) is 3.42. The number of thiophene rings is 1. The summed E-state index contributed by atoms with van der Waals surface area (Å²) in [6.07, 6.45) is 2.30. The monoisotopic (exact) mass is 353 g/mol. The minimum atomic E-state index is -0.726. The highest BCUT2D eigenvalue weighted by molar-refractivity contribution is 7.17. The van der Waals surface area contributed by atoms with E-state index in [2.05, 4.69) is 39.3 Å². The number of anilines is 1. The maximum atomic E-state index is 11.5. The number of aromatic nitrogens is 2.